The van der Waals surface area contributed by atoms with Crippen LogP contribution in [-0.4, -0.2) is 12.5 Å². The zero-order chi connectivity index (χ0) is 12.2. The van der Waals surface area contributed by atoms with E-state index in [0.717, 1.165) is 17.2 Å². The van der Waals surface area contributed by atoms with Gasteiger partial charge in [0.25, 0.3) is 0 Å². The van der Waals surface area contributed by atoms with Gasteiger partial charge in [-0.3, -0.25) is 4.79 Å². The van der Waals surface area contributed by atoms with Gasteiger partial charge in [0, 0.05) is 0 Å². The van der Waals surface area contributed by atoms with Gasteiger partial charge in [-0.25, -0.2) is 0 Å². The Balaban J connectivity index is 2.87. The maximum Gasteiger partial charge on any atom is 0.419 e. The molecule has 0 atom stereocenters. The van der Waals surface area contributed by atoms with Crippen LogP contribution in [0.3, 0.4) is 0 Å². The van der Waals surface area contributed by atoms with Gasteiger partial charge in [-0.15, -0.1) is 0 Å². The Hall–Kier alpha value is -1.58. The van der Waals surface area contributed by atoms with E-state index in [1.54, 1.807) is 12.1 Å². The van der Waals surface area contributed by atoms with Gasteiger partial charge in [-0.05, 0) is 24.5 Å². The number of aldehydes is 1. The topological polar surface area (TPSA) is 17.1 Å². The van der Waals surface area contributed by atoms with E-state index < -0.39 is 11.7 Å². The lowest BCUT2D eigenvalue weighted by atomic mass is 10.0. The van der Waals surface area contributed by atoms with E-state index in [1.807, 2.05) is 19.1 Å². The third kappa shape index (κ3) is 3.22. The summed E-state index contributed by atoms with van der Waals surface area (Å²) in [5, 5.41) is 0. The summed E-state index contributed by atoms with van der Waals surface area (Å²) >= 11 is 0. The van der Waals surface area contributed by atoms with Gasteiger partial charge in [-0.2, -0.15) is 13.2 Å². The zero-order valence-electron chi connectivity index (χ0n) is 8.71. The molecule has 0 amide bonds. The average molecular weight is 228 g/mol. The number of aryl methyl sites for hydroxylation is 1. The van der Waals surface area contributed by atoms with Crippen LogP contribution < -0.4 is 0 Å². The van der Waals surface area contributed by atoms with E-state index in [0.29, 0.717) is 0 Å². The Morgan fingerprint density at radius 1 is 1.31 bits per heavy atom. The molecule has 1 rings (SSSR count). The molecule has 0 saturated carbocycles. The van der Waals surface area contributed by atoms with Gasteiger partial charge in [0.05, 0.1) is 5.57 Å². The molecular weight excluding hydrogens is 217 g/mol. The fourth-order valence-electron chi connectivity index (χ4n) is 1.29. The minimum Gasteiger partial charge on any atom is -0.298 e. The number of carbonyl (C=O) groups is 1. The fourth-order valence-corrected chi connectivity index (χ4v) is 1.29. The number of rotatable bonds is 3. The molecule has 0 unspecified atom stereocenters. The maximum atomic E-state index is 12.2. The Bertz CT molecular complexity index is 405. The first-order chi connectivity index (χ1) is 7.45. The summed E-state index contributed by atoms with van der Waals surface area (Å²) < 4.78 is 36.7. The molecule has 0 radical (unpaired) electrons. The normalized spacial score (nSPS) is 12.6. The first kappa shape index (κ1) is 12.5. The van der Waals surface area contributed by atoms with Gasteiger partial charge in [0.15, 0.2) is 6.29 Å². The molecule has 0 bridgehead atoms. The number of halogens is 3. The highest BCUT2D eigenvalue weighted by Crippen LogP contribution is 2.24. The molecule has 0 fully saturated rings. The van der Waals surface area contributed by atoms with Crippen LogP contribution in [-0.2, 0) is 11.2 Å². The molecule has 0 N–H and O–H groups in total. The van der Waals surface area contributed by atoms with Crippen molar-refractivity contribution in [3.63, 3.8) is 0 Å². The lowest BCUT2D eigenvalue weighted by molar-refractivity contribution is -0.119. The van der Waals surface area contributed by atoms with Crippen molar-refractivity contribution in [1.29, 1.82) is 0 Å². The Morgan fingerprint density at radius 3 is 2.44 bits per heavy atom. The first-order valence-corrected chi connectivity index (χ1v) is 4.72. The number of benzene rings is 1. The molecular formula is C12H11F3O. The SMILES string of the molecule is Cc1ccccc1C/C=C(\C=O)C(F)(F)F. The minimum absolute atomic E-state index is 0.111. The third-order valence-corrected chi connectivity index (χ3v) is 2.26. The first-order valence-electron chi connectivity index (χ1n) is 4.72. The highest BCUT2D eigenvalue weighted by atomic mass is 19.4. The third-order valence-electron chi connectivity index (χ3n) is 2.26. The Labute approximate surface area is 91.6 Å². The van der Waals surface area contributed by atoms with E-state index in [-0.39, 0.29) is 12.7 Å². The highest BCUT2D eigenvalue weighted by molar-refractivity contribution is 5.75. The average Bonchev–Trinajstić information content (AvgIpc) is 2.19. The fraction of sp³-hybridized carbons (Fsp3) is 0.250. The molecule has 0 saturated heterocycles. The molecule has 4 heteroatoms. The van der Waals surface area contributed by atoms with Crippen molar-refractivity contribution in [3.8, 4) is 0 Å². The van der Waals surface area contributed by atoms with Crippen LogP contribution in [0.15, 0.2) is 35.9 Å². The number of allylic oxidation sites excluding steroid dienone is 2. The summed E-state index contributed by atoms with van der Waals surface area (Å²) in [5.41, 5.74) is 0.563. The van der Waals surface area contributed by atoms with Crippen molar-refractivity contribution in [2.45, 2.75) is 19.5 Å². The van der Waals surface area contributed by atoms with Crippen LogP contribution in [0.1, 0.15) is 11.1 Å². The minimum atomic E-state index is -4.57. The Morgan fingerprint density at radius 2 is 1.94 bits per heavy atom. The van der Waals surface area contributed by atoms with Crippen LogP contribution in [0, 0.1) is 6.92 Å². The molecule has 0 aliphatic rings. The van der Waals surface area contributed by atoms with E-state index in [1.165, 1.54) is 0 Å². The lowest BCUT2D eigenvalue weighted by Gasteiger charge is -2.06. The summed E-state index contributed by atoms with van der Waals surface area (Å²) in [5.74, 6) is 0. The molecule has 16 heavy (non-hydrogen) atoms. The number of hydrogen-bond acceptors (Lipinski definition) is 1. The number of hydrogen-bond donors (Lipinski definition) is 0. The van der Waals surface area contributed by atoms with Crippen molar-refractivity contribution in [2.75, 3.05) is 0 Å². The smallest absolute Gasteiger partial charge is 0.298 e. The second kappa shape index (κ2) is 4.96. The van der Waals surface area contributed by atoms with Crippen molar-refractivity contribution >= 4 is 6.29 Å². The van der Waals surface area contributed by atoms with Crippen molar-refractivity contribution in [1.82, 2.24) is 0 Å². The van der Waals surface area contributed by atoms with Gasteiger partial charge in [-0.1, -0.05) is 30.3 Å². The molecule has 0 heterocycles. The highest BCUT2D eigenvalue weighted by Gasteiger charge is 2.32. The second-order valence-electron chi connectivity index (χ2n) is 3.41. The van der Waals surface area contributed by atoms with E-state index in [9.17, 15) is 18.0 Å². The van der Waals surface area contributed by atoms with Crippen molar-refractivity contribution in [3.05, 3.63) is 47.0 Å². The largest absolute Gasteiger partial charge is 0.419 e. The summed E-state index contributed by atoms with van der Waals surface area (Å²) in [6.45, 7) is 1.82. The summed E-state index contributed by atoms with van der Waals surface area (Å²) in [6, 6.07) is 7.12. The molecule has 0 aliphatic heterocycles. The van der Waals surface area contributed by atoms with Crippen LogP contribution in [0.25, 0.3) is 0 Å². The molecule has 0 aliphatic carbocycles. The maximum absolute atomic E-state index is 12.2. The predicted octanol–water partition coefficient (Wildman–Crippen LogP) is 3.23. The van der Waals surface area contributed by atoms with Crippen LogP contribution in [0.4, 0.5) is 13.2 Å². The van der Waals surface area contributed by atoms with Gasteiger partial charge in [0.2, 0.25) is 0 Å². The lowest BCUT2D eigenvalue weighted by Crippen LogP contribution is -2.13. The number of alkyl halides is 3. The van der Waals surface area contributed by atoms with Gasteiger partial charge < -0.3 is 0 Å². The van der Waals surface area contributed by atoms with Crippen LogP contribution >= 0.6 is 0 Å². The molecule has 0 spiro atoms. The summed E-state index contributed by atoms with van der Waals surface area (Å²) in [7, 11) is 0. The second-order valence-corrected chi connectivity index (χ2v) is 3.41. The molecule has 1 aromatic rings. The zero-order valence-corrected chi connectivity index (χ0v) is 8.71. The summed E-state index contributed by atoms with van der Waals surface area (Å²) in [6.07, 6.45) is -3.70. The van der Waals surface area contributed by atoms with Gasteiger partial charge in [0.1, 0.15) is 0 Å². The van der Waals surface area contributed by atoms with Crippen LogP contribution in [0.5, 0.6) is 0 Å². The van der Waals surface area contributed by atoms with E-state index in [4.69, 9.17) is 0 Å². The van der Waals surface area contributed by atoms with Crippen molar-refractivity contribution in [2.24, 2.45) is 0 Å². The molecule has 86 valence electrons. The van der Waals surface area contributed by atoms with Gasteiger partial charge >= 0.3 is 6.18 Å². The van der Waals surface area contributed by atoms with Crippen molar-refractivity contribution < 1.29 is 18.0 Å². The standard InChI is InChI=1S/C12H11F3O/c1-9-4-2-3-5-10(9)6-7-11(8-16)12(13,14)15/h2-5,7-8H,6H2,1H3/b11-7+. The van der Waals surface area contributed by atoms with E-state index in [2.05, 4.69) is 0 Å². The Kier molecular flexibility index (Phi) is 3.88. The molecule has 1 nitrogen and oxygen atoms in total. The molecule has 0 aromatic heterocycles. The number of carbonyl (C=O) groups excluding carboxylic acids is 1. The monoisotopic (exact) mass is 228 g/mol. The van der Waals surface area contributed by atoms with E-state index >= 15 is 0 Å². The quantitative estimate of drug-likeness (QED) is 0.573. The predicted molar refractivity (Wildman–Crippen MR) is 55.1 cm³/mol. The van der Waals surface area contributed by atoms with Crippen LogP contribution in [0.2, 0.25) is 0 Å². The molecule has 1 aromatic carbocycles. The summed E-state index contributed by atoms with van der Waals surface area (Å²) in [4.78, 5) is 10.3.